The first-order valence-electron chi connectivity index (χ1n) is 6.14. The second-order valence-electron chi connectivity index (χ2n) is 4.60. The molecule has 0 spiro atoms. The highest BCUT2D eigenvalue weighted by atomic mass is 15.5. The molecule has 1 aliphatic heterocycles. The van der Waals surface area contributed by atoms with Crippen LogP contribution < -0.4 is 10.7 Å². The minimum absolute atomic E-state index is 0.943. The topological polar surface area (TPSA) is 27.3 Å². The fraction of sp³-hybridized carbons (Fsp3) is 1.00. The summed E-state index contributed by atoms with van der Waals surface area (Å²) in [6, 6.07) is 0. The number of piperazine rings is 1. The van der Waals surface area contributed by atoms with Crippen molar-refractivity contribution in [3.63, 3.8) is 0 Å². The molecule has 82 valence electrons. The van der Waals surface area contributed by atoms with Crippen LogP contribution in [0.5, 0.6) is 0 Å². The first-order valence-corrected chi connectivity index (χ1v) is 6.14. The van der Waals surface area contributed by atoms with Crippen molar-refractivity contribution < 1.29 is 0 Å². The third kappa shape index (κ3) is 3.23. The number of nitrogens with one attached hydrogen (secondary N) is 2. The molecule has 0 radical (unpaired) electrons. The quantitative estimate of drug-likeness (QED) is 0.706. The molecule has 2 aliphatic rings. The maximum atomic E-state index is 3.58. The van der Waals surface area contributed by atoms with Gasteiger partial charge in [-0.1, -0.05) is 19.3 Å². The van der Waals surface area contributed by atoms with Crippen LogP contribution in [0.2, 0.25) is 0 Å². The van der Waals surface area contributed by atoms with Gasteiger partial charge in [-0.2, -0.15) is 0 Å². The van der Waals surface area contributed by atoms with Gasteiger partial charge in [-0.15, -0.1) is 0 Å². The minimum atomic E-state index is 0.943. The summed E-state index contributed by atoms with van der Waals surface area (Å²) in [4.78, 5) is 0. The molecule has 2 fully saturated rings. The summed E-state index contributed by atoms with van der Waals surface area (Å²) < 4.78 is 0. The minimum Gasteiger partial charge on any atom is -0.314 e. The largest absolute Gasteiger partial charge is 0.314 e. The monoisotopic (exact) mass is 197 g/mol. The van der Waals surface area contributed by atoms with Gasteiger partial charge >= 0.3 is 0 Å². The molecule has 3 nitrogen and oxygen atoms in total. The molecule has 3 heteroatoms. The van der Waals surface area contributed by atoms with E-state index in [1.165, 1.54) is 38.6 Å². The van der Waals surface area contributed by atoms with Crippen LogP contribution in [-0.4, -0.2) is 37.7 Å². The van der Waals surface area contributed by atoms with E-state index in [1.807, 2.05) is 0 Å². The number of nitrogens with zero attached hydrogens (tertiary/aromatic N) is 1. The van der Waals surface area contributed by atoms with E-state index >= 15 is 0 Å². The Balaban J connectivity index is 1.60. The standard InChI is InChI=1S/C11H23N3/c1-2-4-11(5-3-1)10-13-14-8-6-12-7-9-14/h11-13H,1-10H2. The Kier molecular flexibility index (Phi) is 4.22. The van der Waals surface area contributed by atoms with Gasteiger partial charge in [0.2, 0.25) is 0 Å². The van der Waals surface area contributed by atoms with Crippen molar-refractivity contribution in [3.8, 4) is 0 Å². The van der Waals surface area contributed by atoms with Crippen LogP contribution >= 0.6 is 0 Å². The van der Waals surface area contributed by atoms with E-state index < -0.39 is 0 Å². The van der Waals surface area contributed by atoms with Gasteiger partial charge in [0.05, 0.1) is 0 Å². The average Bonchev–Trinajstić information content (AvgIpc) is 2.29. The lowest BCUT2D eigenvalue weighted by molar-refractivity contribution is 0.145. The van der Waals surface area contributed by atoms with Crippen LogP contribution in [0, 0.1) is 5.92 Å². The van der Waals surface area contributed by atoms with E-state index in [0.717, 1.165) is 32.1 Å². The van der Waals surface area contributed by atoms with Gasteiger partial charge < -0.3 is 5.32 Å². The molecule has 1 saturated carbocycles. The Bertz CT molecular complexity index is 131. The Hall–Kier alpha value is -0.120. The van der Waals surface area contributed by atoms with Crippen molar-refractivity contribution in [2.24, 2.45) is 5.92 Å². The van der Waals surface area contributed by atoms with E-state index in [-0.39, 0.29) is 0 Å². The molecular formula is C11H23N3. The summed E-state index contributed by atoms with van der Waals surface area (Å²) in [5.74, 6) is 0.943. The van der Waals surface area contributed by atoms with Crippen LogP contribution in [-0.2, 0) is 0 Å². The van der Waals surface area contributed by atoms with Gasteiger partial charge in [-0.05, 0) is 18.8 Å². The molecule has 0 atom stereocenters. The highest BCUT2D eigenvalue weighted by molar-refractivity contribution is 4.69. The van der Waals surface area contributed by atoms with E-state index in [0.29, 0.717) is 0 Å². The first kappa shape index (κ1) is 10.4. The zero-order valence-electron chi connectivity index (χ0n) is 9.10. The lowest BCUT2D eigenvalue weighted by Crippen LogP contribution is -2.51. The number of hydrogen-bond acceptors (Lipinski definition) is 3. The first-order chi connectivity index (χ1) is 6.95. The molecular weight excluding hydrogens is 174 g/mol. The van der Waals surface area contributed by atoms with Gasteiger partial charge in [-0.3, -0.25) is 5.43 Å². The molecule has 1 aliphatic carbocycles. The molecule has 0 aromatic heterocycles. The third-order valence-corrected chi connectivity index (χ3v) is 3.45. The van der Waals surface area contributed by atoms with E-state index in [9.17, 15) is 0 Å². The second-order valence-corrected chi connectivity index (χ2v) is 4.60. The summed E-state index contributed by atoms with van der Waals surface area (Å²) in [6.07, 6.45) is 7.25. The lowest BCUT2D eigenvalue weighted by atomic mass is 9.89. The van der Waals surface area contributed by atoms with Crippen LogP contribution in [0.4, 0.5) is 0 Å². The molecule has 14 heavy (non-hydrogen) atoms. The molecule has 0 amide bonds. The van der Waals surface area contributed by atoms with E-state index in [4.69, 9.17) is 0 Å². The maximum Gasteiger partial charge on any atom is 0.0256 e. The molecule has 2 N–H and O–H groups in total. The smallest absolute Gasteiger partial charge is 0.0256 e. The molecule has 1 saturated heterocycles. The Morgan fingerprint density at radius 1 is 1.07 bits per heavy atom. The molecule has 1 heterocycles. The van der Waals surface area contributed by atoms with Crippen molar-refractivity contribution in [1.29, 1.82) is 0 Å². The molecule has 2 rings (SSSR count). The van der Waals surface area contributed by atoms with Gasteiger partial charge in [0, 0.05) is 32.7 Å². The van der Waals surface area contributed by atoms with Crippen molar-refractivity contribution in [2.75, 3.05) is 32.7 Å². The summed E-state index contributed by atoms with van der Waals surface area (Å²) in [6.45, 7) is 5.80. The highest BCUT2D eigenvalue weighted by Gasteiger charge is 2.15. The second kappa shape index (κ2) is 5.69. The molecule has 0 aromatic carbocycles. The maximum absolute atomic E-state index is 3.58. The van der Waals surface area contributed by atoms with E-state index in [1.54, 1.807) is 0 Å². The molecule has 0 unspecified atom stereocenters. The van der Waals surface area contributed by atoms with Crippen molar-refractivity contribution in [1.82, 2.24) is 15.8 Å². The predicted molar refractivity (Wildman–Crippen MR) is 59.0 cm³/mol. The van der Waals surface area contributed by atoms with Crippen molar-refractivity contribution >= 4 is 0 Å². The predicted octanol–water partition coefficient (Wildman–Crippen LogP) is 0.976. The van der Waals surface area contributed by atoms with Gasteiger partial charge in [0.25, 0.3) is 0 Å². The van der Waals surface area contributed by atoms with Gasteiger partial charge in [0.15, 0.2) is 0 Å². The Morgan fingerprint density at radius 3 is 2.50 bits per heavy atom. The summed E-state index contributed by atoms with van der Waals surface area (Å²) in [5, 5.41) is 5.75. The highest BCUT2D eigenvalue weighted by Crippen LogP contribution is 2.22. The fourth-order valence-corrected chi connectivity index (χ4v) is 2.47. The fourth-order valence-electron chi connectivity index (χ4n) is 2.47. The van der Waals surface area contributed by atoms with Crippen LogP contribution in [0.25, 0.3) is 0 Å². The SMILES string of the molecule is C1CCC(CNN2CCNCC2)CC1. The van der Waals surface area contributed by atoms with Gasteiger partial charge in [0.1, 0.15) is 0 Å². The number of hydrogen-bond donors (Lipinski definition) is 2. The molecule has 0 aromatic rings. The molecule has 0 bridgehead atoms. The normalized spacial score (nSPS) is 26.6. The van der Waals surface area contributed by atoms with Crippen LogP contribution in [0.1, 0.15) is 32.1 Å². The average molecular weight is 197 g/mol. The summed E-state index contributed by atoms with van der Waals surface area (Å²) >= 11 is 0. The van der Waals surface area contributed by atoms with Crippen molar-refractivity contribution in [3.05, 3.63) is 0 Å². The Labute approximate surface area is 87.2 Å². The summed E-state index contributed by atoms with van der Waals surface area (Å²) in [5.41, 5.74) is 3.58. The zero-order chi connectivity index (χ0) is 9.64. The van der Waals surface area contributed by atoms with Gasteiger partial charge in [-0.25, -0.2) is 5.01 Å². The number of hydrazine groups is 1. The number of rotatable bonds is 3. The Morgan fingerprint density at radius 2 is 1.79 bits per heavy atom. The zero-order valence-corrected chi connectivity index (χ0v) is 9.10. The van der Waals surface area contributed by atoms with Crippen LogP contribution in [0.3, 0.4) is 0 Å². The summed E-state index contributed by atoms with van der Waals surface area (Å²) in [7, 11) is 0. The lowest BCUT2D eigenvalue weighted by Gasteiger charge is -2.30. The third-order valence-electron chi connectivity index (χ3n) is 3.45. The van der Waals surface area contributed by atoms with Crippen LogP contribution in [0.15, 0.2) is 0 Å². The van der Waals surface area contributed by atoms with E-state index in [2.05, 4.69) is 15.8 Å². The van der Waals surface area contributed by atoms with Crippen molar-refractivity contribution in [2.45, 2.75) is 32.1 Å².